The van der Waals surface area contributed by atoms with Crippen LogP contribution in [-0.2, 0) is 9.59 Å². The molecule has 0 atom stereocenters. The Labute approximate surface area is 102 Å². The Balaban J connectivity index is 1.93. The highest BCUT2D eigenvalue weighted by Crippen LogP contribution is 2.28. The number of rotatable bonds is 4. The molecular formula is C11H12N2O3S. The van der Waals surface area contributed by atoms with Crippen LogP contribution in [0.25, 0.3) is 6.08 Å². The third kappa shape index (κ3) is 3.13. The van der Waals surface area contributed by atoms with Crippen LogP contribution in [0.4, 0.5) is 5.13 Å². The normalized spacial score (nSPS) is 15.8. The van der Waals surface area contributed by atoms with E-state index in [1.165, 1.54) is 17.4 Å². The molecule has 0 unspecified atom stereocenters. The minimum atomic E-state index is -1.00. The zero-order chi connectivity index (χ0) is 12.3. The van der Waals surface area contributed by atoms with Gasteiger partial charge in [-0.15, -0.1) is 0 Å². The molecule has 5 nitrogen and oxygen atoms in total. The lowest BCUT2D eigenvalue weighted by molar-refractivity contribution is -0.131. The van der Waals surface area contributed by atoms with Gasteiger partial charge in [-0.3, -0.25) is 4.79 Å². The van der Waals surface area contributed by atoms with Crippen molar-refractivity contribution in [2.24, 2.45) is 5.92 Å². The lowest BCUT2D eigenvalue weighted by atomic mass is 9.85. The van der Waals surface area contributed by atoms with E-state index in [2.05, 4.69) is 10.3 Å². The molecule has 2 N–H and O–H groups in total. The molecule has 2 rings (SSSR count). The molecule has 1 aromatic rings. The number of carbonyl (C=O) groups excluding carboxylic acids is 1. The van der Waals surface area contributed by atoms with Crippen LogP contribution in [0.3, 0.4) is 0 Å². The third-order valence-corrected chi connectivity index (χ3v) is 3.50. The number of nitrogens with zero attached hydrogens (tertiary/aromatic N) is 1. The second-order valence-electron chi connectivity index (χ2n) is 3.86. The van der Waals surface area contributed by atoms with Gasteiger partial charge >= 0.3 is 5.97 Å². The first-order valence-electron chi connectivity index (χ1n) is 5.33. The van der Waals surface area contributed by atoms with E-state index in [1.54, 1.807) is 6.20 Å². The van der Waals surface area contributed by atoms with Crippen LogP contribution in [0.2, 0.25) is 0 Å². The van der Waals surface area contributed by atoms with Crippen LogP contribution in [0, 0.1) is 5.92 Å². The highest BCUT2D eigenvalue weighted by molar-refractivity contribution is 7.16. The molecule has 1 amide bonds. The van der Waals surface area contributed by atoms with Gasteiger partial charge in [0.05, 0.1) is 0 Å². The predicted octanol–water partition coefficient (Wildman–Crippen LogP) is 1.98. The number of thiazole rings is 1. The first-order valence-corrected chi connectivity index (χ1v) is 6.14. The van der Waals surface area contributed by atoms with Crippen molar-refractivity contribution in [3.8, 4) is 0 Å². The van der Waals surface area contributed by atoms with Crippen molar-refractivity contribution in [3.05, 3.63) is 17.2 Å². The summed E-state index contributed by atoms with van der Waals surface area (Å²) < 4.78 is 0. The van der Waals surface area contributed by atoms with Gasteiger partial charge in [0.1, 0.15) is 0 Å². The Morgan fingerprint density at radius 1 is 1.53 bits per heavy atom. The van der Waals surface area contributed by atoms with Crippen LogP contribution < -0.4 is 5.32 Å². The molecule has 1 aliphatic carbocycles. The highest BCUT2D eigenvalue weighted by Gasteiger charge is 2.25. The van der Waals surface area contributed by atoms with Gasteiger partial charge in [-0.2, -0.15) is 0 Å². The number of amides is 1. The van der Waals surface area contributed by atoms with Crippen molar-refractivity contribution >= 4 is 34.4 Å². The van der Waals surface area contributed by atoms with E-state index < -0.39 is 5.97 Å². The minimum absolute atomic E-state index is 0.0133. The standard InChI is InChI=1S/C11H12N2O3S/c14-9(15)5-4-8-6-12-11(17-8)13-10(16)7-2-1-3-7/h4-7H,1-3H2,(H,14,15)(H,12,13,16)/b5-4+. The molecule has 0 aliphatic heterocycles. The van der Waals surface area contributed by atoms with E-state index in [4.69, 9.17) is 5.11 Å². The second-order valence-corrected chi connectivity index (χ2v) is 4.92. The number of anilines is 1. The van der Waals surface area contributed by atoms with E-state index in [0.29, 0.717) is 10.0 Å². The molecule has 1 heterocycles. The Morgan fingerprint density at radius 2 is 2.29 bits per heavy atom. The average Bonchev–Trinajstić information content (AvgIpc) is 2.59. The number of carboxylic acids is 1. The molecule has 1 aliphatic rings. The summed E-state index contributed by atoms with van der Waals surface area (Å²) in [6.07, 6.45) is 7.05. The van der Waals surface area contributed by atoms with Crippen LogP contribution in [0.1, 0.15) is 24.1 Å². The maximum absolute atomic E-state index is 11.6. The SMILES string of the molecule is O=C(O)/C=C/c1cnc(NC(=O)C2CCC2)s1. The van der Waals surface area contributed by atoms with E-state index >= 15 is 0 Å². The molecule has 0 spiro atoms. The fraction of sp³-hybridized carbons (Fsp3) is 0.364. The van der Waals surface area contributed by atoms with Gasteiger partial charge in [-0.1, -0.05) is 17.8 Å². The summed E-state index contributed by atoms with van der Waals surface area (Å²) in [6.45, 7) is 0. The van der Waals surface area contributed by atoms with Crippen molar-refractivity contribution in [2.75, 3.05) is 5.32 Å². The van der Waals surface area contributed by atoms with E-state index in [9.17, 15) is 9.59 Å². The van der Waals surface area contributed by atoms with Gasteiger partial charge < -0.3 is 10.4 Å². The maximum Gasteiger partial charge on any atom is 0.328 e. The monoisotopic (exact) mass is 252 g/mol. The molecule has 1 aromatic heterocycles. The summed E-state index contributed by atoms with van der Waals surface area (Å²) in [5, 5.41) is 11.7. The molecular weight excluding hydrogens is 240 g/mol. The summed E-state index contributed by atoms with van der Waals surface area (Å²) in [6, 6.07) is 0. The lowest BCUT2D eigenvalue weighted by Gasteiger charge is -2.23. The van der Waals surface area contributed by atoms with Crippen molar-refractivity contribution in [1.82, 2.24) is 4.98 Å². The van der Waals surface area contributed by atoms with E-state index in [1.807, 2.05) is 0 Å². The smallest absolute Gasteiger partial charge is 0.328 e. The largest absolute Gasteiger partial charge is 0.478 e. The van der Waals surface area contributed by atoms with Crippen LogP contribution in [0.5, 0.6) is 0 Å². The average molecular weight is 252 g/mol. The molecule has 0 saturated heterocycles. The fourth-order valence-electron chi connectivity index (χ4n) is 1.45. The number of hydrogen-bond acceptors (Lipinski definition) is 4. The topological polar surface area (TPSA) is 79.3 Å². The first kappa shape index (κ1) is 11.8. The predicted molar refractivity (Wildman–Crippen MR) is 64.8 cm³/mol. The molecule has 17 heavy (non-hydrogen) atoms. The quantitative estimate of drug-likeness (QED) is 0.803. The van der Waals surface area contributed by atoms with Gasteiger partial charge in [-0.25, -0.2) is 9.78 Å². The molecule has 1 fully saturated rings. The number of carbonyl (C=O) groups is 2. The van der Waals surface area contributed by atoms with Crippen LogP contribution in [-0.4, -0.2) is 22.0 Å². The Kier molecular flexibility index (Phi) is 3.53. The first-order chi connectivity index (χ1) is 8.15. The van der Waals surface area contributed by atoms with Crippen molar-refractivity contribution in [2.45, 2.75) is 19.3 Å². The number of aliphatic carboxylic acids is 1. The Bertz CT molecular complexity index is 463. The van der Waals surface area contributed by atoms with Crippen molar-refractivity contribution in [3.63, 3.8) is 0 Å². The zero-order valence-corrected chi connectivity index (χ0v) is 9.87. The van der Waals surface area contributed by atoms with Gasteiger partial charge in [0.15, 0.2) is 5.13 Å². The summed E-state index contributed by atoms with van der Waals surface area (Å²) >= 11 is 1.26. The summed E-state index contributed by atoms with van der Waals surface area (Å²) in [4.78, 5) is 26.7. The molecule has 0 radical (unpaired) electrons. The minimum Gasteiger partial charge on any atom is -0.478 e. The number of aromatic nitrogens is 1. The van der Waals surface area contributed by atoms with Crippen LogP contribution >= 0.6 is 11.3 Å². The second kappa shape index (κ2) is 5.09. The lowest BCUT2D eigenvalue weighted by Crippen LogP contribution is -2.27. The number of hydrogen-bond donors (Lipinski definition) is 2. The number of nitrogens with one attached hydrogen (secondary N) is 1. The van der Waals surface area contributed by atoms with Crippen LogP contribution in [0.15, 0.2) is 12.3 Å². The number of carboxylic acid groups (broad SMARTS) is 1. The van der Waals surface area contributed by atoms with Gasteiger partial charge in [0.25, 0.3) is 0 Å². The van der Waals surface area contributed by atoms with Gasteiger partial charge in [0, 0.05) is 23.1 Å². The van der Waals surface area contributed by atoms with Crippen molar-refractivity contribution in [1.29, 1.82) is 0 Å². The van der Waals surface area contributed by atoms with E-state index in [-0.39, 0.29) is 11.8 Å². The third-order valence-electron chi connectivity index (χ3n) is 2.62. The Morgan fingerprint density at radius 3 is 2.88 bits per heavy atom. The summed E-state index contributed by atoms with van der Waals surface area (Å²) in [7, 11) is 0. The van der Waals surface area contributed by atoms with Crippen molar-refractivity contribution < 1.29 is 14.7 Å². The molecule has 0 aromatic carbocycles. The Hall–Kier alpha value is -1.69. The fourth-order valence-corrected chi connectivity index (χ4v) is 2.17. The zero-order valence-electron chi connectivity index (χ0n) is 9.05. The summed E-state index contributed by atoms with van der Waals surface area (Å²) in [5.74, 6) is -0.866. The highest BCUT2D eigenvalue weighted by atomic mass is 32.1. The van der Waals surface area contributed by atoms with E-state index in [0.717, 1.165) is 25.3 Å². The molecule has 90 valence electrons. The molecule has 1 saturated carbocycles. The molecule has 0 bridgehead atoms. The van der Waals surface area contributed by atoms with Gasteiger partial charge in [-0.05, 0) is 18.9 Å². The molecule has 6 heteroatoms. The summed E-state index contributed by atoms with van der Waals surface area (Å²) in [5.41, 5.74) is 0. The maximum atomic E-state index is 11.6. The van der Waals surface area contributed by atoms with Gasteiger partial charge in [0.2, 0.25) is 5.91 Å².